The van der Waals surface area contributed by atoms with E-state index in [0.717, 1.165) is 5.56 Å². The molecule has 0 radical (unpaired) electrons. The largest absolute Gasteiger partial charge is 0.366 e. The monoisotopic (exact) mass is 487 g/mol. The SMILES string of the molecule is Cc1ccc(S(=O)(=O)Nc2cc(Cl)ccc2N2CCN(C(=O)c3ccccc3F)CC2)cc1. The van der Waals surface area contributed by atoms with Gasteiger partial charge >= 0.3 is 0 Å². The van der Waals surface area contributed by atoms with Gasteiger partial charge in [-0.25, -0.2) is 12.8 Å². The van der Waals surface area contributed by atoms with Gasteiger partial charge in [-0.1, -0.05) is 41.4 Å². The van der Waals surface area contributed by atoms with Crippen LogP contribution in [-0.4, -0.2) is 45.4 Å². The van der Waals surface area contributed by atoms with Crippen molar-refractivity contribution in [3.63, 3.8) is 0 Å². The van der Waals surface area contributed by atoms with Gasteiger partial charge in [-0.3, -0.25) is 9.52 Å². The number of halogens is 2. The van der Waals surface area contributed by atoms with E-state index in [9.17, 15) is 17.6 Å². The summed E-state index contributed by atoms with van der Waals surface area (Å²) in [5.41, 5.74) is 2.02. The lowest BCUT2D eigenvalue weighted by Gasteiger charge is -2.37. The van der Waals surface area contributed by atoms with Gasteiger partial charge in [0.05, 0.1) is 21.8 Å². The van der Waals surface area contributed by atoms with Crippen molar-refractivity contribution in [1.29, 1.82) is 0 Å². The van der Waals surface area contributed by atoms with E-state index in [1.54, 1.807) is 59.5 Å². The van der Waals surface area contributed by atoms with Gasteiger partial charge in [0, 0.05) is 31.2 Å². The van der Waals surface area contributed by atoms with E-state index in [1.807, 2.05) is 11.8 Å². The molecule has 172 valence electrons. The summed E-state index contributed by atoms with van der Waals surface area (Å²) in [5, 5.41) is 0.397. The first-order valence-electron chi connectivity index (χ1n) is 10.4. The van der Waals surface area contributed by atoms with Crippen molar-refractivity contribution in [2.75, 3.05) is 35.8 Å². The Morgan fingerprint density at radius 3 is 2.30 bits per heavy atom. The Balaban J connectivity index is 1.52. The summed E-state index contributed by atoms with van der Waals surface area (Å²) in [6.45, 7) is 3.55. The number of sulfonamides is 1. The molecule has 0 bridgehead atoms. The molecule has 0 aromatic heterocycles. The number of hydrogen-bond donors (Lipinski definition) is 1. The summed E-state index contributed by atoms with van der Waals surface area (Å²) in [5.74, 6) is -0.903. The lowest BCUT2D eigenvalue weighted by atomic mass is 10.1. The van der Waals surface area contributed by atoms with Crippen molar-refractivity contribution in [2.45, 2.75) is 11.8 Å². The predicted octanol–water partition coefficient (Wildman–Crippen LogP) is 4.55. The number of carbonyl (C=O) groups is 1. The minimum Gasteiger partial charge on any atom is -0.366 e. The van der Waals surface area contributed by atoms with E-state index in [4.69, 9.17) is 11.6 Å². The lowest BCUT2D eigenvalue weighted by Crippen LogP contribution is -2.49. The molecule has 3 aromatic rings. The summed E-state index contributed by atoms with van der Waals surface area (Å²) in [7, 11) is -3.81. The van der Waals surface area contributed by atoms with Crippen molar-refractivity contribution in [2.24, 2.45) is 0 Å². The van der Waals surface area contributed by atoms with Crippen LogP contribution in [0.4, 0.5) is 15.8 Å². The highest BCUT2D eigenvalue weighted by atomic mass is 35.5. The first-order valence-corrected chi connectivity index (χ1v) is 12.3. The summed E-state index contributed by atoms with van der Waals surface area (Å²) in [4.78, 5) is 16.4. The van der Waals surface area contributed by atoms with Crippen molar-refractivity contribution in [1.82, 2.24) is 4.90 Å². The molecule has 1 amide bonds. The Morgan fingerprint density at radius 1 is 0.970 bits per heavy atom. The Morgan fingerprint density at radius 2 is 1.64 bits per heavy atom. The second kappa shape index (κ2) is 9.41. The molecule has 0 unspecified atom stereocenters. The van der Waals surface area contributed by atoms with Crippen LogP contribution in [0.15, 0.2) is 71.6 Å². The lowest BCUT2D eigenvalue weighted by molar-refractivity contribution is 0.0742. The second-order valence-corrected chi connectivity index (χ2v) is 9.96. The molecule has 6 nitrogen and oxygen atoms in total. The average molecular weight is 488 g/mol. The Labute approximate surface area is 197 Å². The number of piperazine rings is 1. The van der Waals surface area contributed by atoms with Crippen LogP contribution in [0, 0.1) is 12.7 Å². The molecule has 0 saturated carbocycles. The Hall–Kier alpha value is -3.10. The van der Waals surface area contributed by atoms with Crippen LogP contribution >= 0.6 is 11.6 Å². The topological polar surface area (TPSA) is 69.7 Å². The molecule has 1 heterocycles. The van der Waals surface area contributed by atoms with Crippen LogP contribution in [-0.2, 0) is 10.0 Å². The molecule has 33 heavy (non-hydrogen) atoms. The number of anilines is 2. The van der Waals surface area contributed by atoms with Crippen LogP contribution in [0.2, 0.25) is 5.02 Å². The predicted molar refractivity (Wildman–Crippen MR) is 128 cm³/mol. The molecule has 1 aliphatic heterocycles. The normalized spacial score (nSPS) is 14.3. The van der Waals surface area contributed by atoms with Gasteiger partial charge in [0.2, 0.25) is 0 Å². The zero-order chi connectivity index (χ0) is 23.6. The molecule has 0 spiro atoms. The minimum absolute atomic E-state index is 0.0454. The van der Waals surface area contributed by atoms with Gasteiger partial charge in [0.25, 0.3) is 15.9 Å². The number of amides is 1. The van der Waals surface area contributed by atoms with Crippen LogP contribution in [0.25, 0.3) is 0 Å². The van der Waals surface area contributed by atoms with Crippen molar-refractivity contribution in [3.05, 3.63) is 88.7 Å². The third kappa shape index (κ3) is 5.12. The van der Waals surface area contributed by atoms with E-state index in [0.29, 0.717) is 42.6 Å². The molecule has 1 N–H and O–H groups in total. The highest BCUT2D eigenvalue weighted by Crippen LogP contribution is 2.32. The van der Waals surface area contributed by atoms with Gasteiger partial charge in [0.1, 0.15) is 5.82 Å². The molecule has 0 atom stereocenters. The third-order valence-corrected chi connectivity index (χ3v) is 7.16. The zero-order valence-corrected chi connectivity index (χ0v) is 19.5. The zero-order valence-electron chi connectivity index (χ0n) is 18.0. The summed E-state index contributed by atoms with van der Waals surface area (Å²) >= 11 is 6.16. The number of nitrogens with one attached hydrogen (secondary N) is 1. The molecule has 1 fully saturated rings. The molecule has 1 saturated heterocycles. The maximum atomic E-state index is 14.0. The van der Waals surface area contributed by atoms with Crippen LogP contribution in [0.1, 0.15) is 15.9 Å². The van der Waals surface area contributed by atoms with E-state index in [-0.39, 0.29) is 16.4 Å². The Kier molecular flexibility index (Phi) is 6.58. The fraction of sp³-hybridized carbons (Fsp3) is 0.208. The maximum absolute atomic E-state index is 14.0. The van der Waals surface area contributed by atoms with Crippen molar-refractivity contribution < 1.29 is 17.6 Å². The summed E-state index contributed by atoms with van der Waals surface area (Å²) in [6.07, 6.45) is 0. The number of aryl methyl sites for hydroxylation is 1. The van der Waals surface area contributed by atoms with Gasteiger partial charge in [-0.15, -0.1) is 0 Å². The first kappa shape index (κ1) is 23.1. The molecule has 0 aliphatic carbocycles. The van der Waals surface area contributed by atoms with Crippen molar-refractivity contribution in [3.8, 4) is 0 Å². The molecule has 1 aliphatic rings. The number of rotatable bonds is 5. The molecule has 9 heteroatoms. The van der Waals surface area contributed by atoms with Gasteiger partial charge in [-0.05, 0) is 49.4 Å². The first-order chi connectivity index (χ1) is 15.7. The van der Waals surface area contributed by atoms with E-state index in [1.165, 1.54) is 12.1 Å². The van der Waals surface area contributed by atoms with E-state index in [2.05, 4.69) is 4.72 Å². The summed E-state index contributed by atoms with van der Waals surface area (Å²) in [6, 6.07) is 17.5. The third-order valence-electron chi connectivity index (χ3n) is 5.55. The number of carbonyl (C=O) groups excluding carboxylic acids is 1. The number of benzene rings is 3. The fourth-order valence-electron chi connectivity index (χ4n) is 3.74. The van der Waals surface area contributed by atoms with Gasteiger partial charge in [0.15, 0.2) is 0 Å². The smallest absolute Gasteiger partial charge is 0.261 e. The van der Waals surface area contributed by atoms with Crippen molar-refractivity contribution >= 4 is 38.9 Å². The summed E-state index contributed by atoms with van der Waals surface area (Å²) < 4.78 is 42.5. The quantitative estimate of drug-likeness (QED) is 0.573. The molecule has 4 rings (SSSR count). The van der Waals surface area contributed by atoms with Crippen LogP contribution in [0.5, 0.6) is 0 Å². The van der Waals surface area contributed by atoms with Gasteiger partial charge < -0.3 is 9.80 Å². The minimum atomic E-state index is -3.81. The standard InChI is InChI=1S/C24H23ClFN3O3S/c1-17-6-9-19(10-7-17)33(31,32)27-22-16-18(25)8-11-23(22)28-12-14-29(15-13-28)24(30)20-4-2-3-5-21(20)26/h2-11,16,27H,12-15H2,1H3. The van der Waals surface area contributed by atoms with Crippen LogP contribution in [0.3, 0.4) is 0 Å². The number of nitrogens with zero attached hydrogens (tertiary/aromatic N) is 2. The molecule has 3 aromatic carbocycles. The second-order valence-electron chi connectivity index (χ2n) is 7.84. The Bertz CT molecular complexity index is 1270. The maximum Gasteiger partial charge on any atom is 0.261 e. The van der Waals surface area contributed by atoms with Gasteiger partial charge in [-0.2, -0.15) is 0 Å². The average Bonchev–Trinajstić information content (AvgIpc) is 2.79. The molecular formula is C24H23ClFN3O3S. The molecular weight excluding hydrogens is 465 g/mol. The van der Waals surface area contributed by atoms with E-state index >= 15 is 0 Å². The van der Waals surface area contributed by atoms with E-state index < -0.39 is 15.8 Å². The fourth-order valence-corrected chi connectivity index (χ4v) is 4.98. The number of hydrogen-bond acceptors (Lipinski definition) is 4. The highest BCUT2D eigenvalue weighted by molar-refractivity contribution is 7.92. The highest BCUT2D eigenvalue weighted by Gasteiger charge is 2.26. The van der Waals surface area contributed by atoms with Crippen LogP contribution < -0.4 is 9.62 Å².